The van der Waals surface area contributed by atoms with Crippen LogP contribution in [0.25, 0.3) is 11.0 Å². The van der Waals surface area contributed by atoms with E-state index in [0.717, 1.165) is 28.6 Å². The first-order valence-corrected chi connectivity index (χ1v) is 10.1. The number of carbonyl (C=O) groups excluding carboxylic acids is 2. The Bertz CT molecular complexity index is 1050. The minimum atomic E-state index is -0.691. The lowest BCUT2D eigenvalue weighted by molar-refractivity contribution is -0.119. The Labute approximate surface area is 176 Å². The third-order valence-electron chi connectivity index (χ3n) is 4.78. The number of nitrogens with one attached hydrogen (secondary N) is 1. The zero-order valence-electron chi connectivity index (χ0n) is 17.8. The second-order valence-corrected chi connectivity index (χ2v) is 7.35. The van der Waals surface area contributed by atoms with Crippen LogP contribution in [-0.2, 0) is 27.3 Å². The van der Waals surface area contributed by atoms with Crippen molar-refractivity contribution >= 4 is 28.5 Å². The van der Waals surface area contributed by atoms with Crippen molar-refractivity contribution in [3.05, 3.63) is 64.9 Å². The highest BCUT2D eigenvalue weighted by Crippen LogP contribution is 2.27. The molecule has 0 saturated heterocycles. The van der Waals surface area contributed by atoms with Gasteiger partial charge in [0.15, 0.2) is 6.61 Å². The fourth-order valence-corrected chi connectivity index (χ4v) is 3.23. The molecule has 0 bridgehead atoms. The number of fused-ring (bicyclic) bond motifs is 1. The van der Waals surface area contributed by atoms with Crippen LogP contribution in [0, 0.1) is 6.92 Å². The fourth-order valence-electron chi connectivity index (χ4n) is 3.23. The number of hydrogen-bond donors (Lipinski definition) is 1. The van der Waals surface area contributed by atoms with Crippen LogP contribution >= 0.6 is 0 Å². The van der Waals surface area contributed by atoms with Crippen LogP contribution in [0.2, 0.25) is 0 Å². The number of carbonyl (C=O) groups is 2. The van der Waals surface area contributed by atoms with E-state index in [1.807, 2.05) is 64.1 Å². The maximum absolute atomic E-state index is 12.7. The van der Waals surface area contributed by atoms with Crippen LogP contribution in [0.15, 0.2) is 46.9 Å². The Kier molecular flexibility index (Phi) is 6.90. The standard InChI is InChI=1S/C24H27NO5/c1-5-17-10-8-9-16(4)22(17)25-21(26)14-29-24(27)23-19(13-28-15(2)3)18-11-6-7-12-20(18)30-23/h6-12,15H,5,13-14H2,1-4H3,(H,25,26). The van der Waals surface area contributed by atoms with E-state index in [1.54, 1.807) is 6.07 Å². The average molecular weight is 409 g/mol. The Morgan fingerprint density at radius 3 is 2.60 bits per heavy atom. The van der Waals surface area contributed by atoms with E-state index < -0.39 is 18.5 Å². The first kappa shape index (κ1) is 21.6. The lowest BCUT2D eigenvalue weighted by Crippen LogP contribution is -2.22. The van der Waals surface area contributed by atoms with Gasteiger partial charge in [-0.15, -0.1) is 0 Å². The van der Waals surface area contributed by atoms with Crippen molar-refractivity contribution in [2.45, 2.75) is 46.8 Å². The van der Waals surface area contributed by atoms with Crippen molar-refractivity contribution in [3.8, 4) is 0 Å². The van der Waals surface area contributed by atoms with E-state index in [2.05, 4.69) is 5.32 Å². The van der Waals surface area contributed by atoms with Crippen LogP contribution in [0.3, 0.4) is 0 Å². The van der Waals surface area contributed by atoms with Gasteiger partial charge in [0.25, 0.3) is 5.91 Å². The zero-order chi connectivity index (χ0) is 21.7. The molecule has 0 aliphatic heterocycles. The van der Waals surface area contributed by atoms with Crippen molar-refractivity contribution in [1.29, 1.82) is 0 Å². The van der Waals surface area contributed by atoms with Gasteiger partial charge in [0.2, 0.25) is 5.76 Å². The first-order chi connectivity index (χ1) is 14.4. The Morgan fingerprint density at radius 2 is 1.87 bits per heavy atom. The van der Waals surface area contributed by atoms with Crippen molar-refractivity contribution in [2.75, 3.05) is 11.9 Å². The molecule has 30 heavy (non-hydrogen) atoms. The van der Waals surface area contributed by atoms with Gasteiger partial charge in [-0.05, 0) is 44.4 Å². The lowest BCUT2D eigenvalue weighted by atomic mass is 10.1. The summed E-state index contributed by atoms with van der Waals surface area (Å²) in [5.74, 6) is -1.03. The van der Waals surface area contributed by atoms with Crippen LogP contribution in [0.5, 0.6) is 0 Å². The molecule has 1 heterocycles. The zero-order valence-corrected chi connectivity index (χ0v) is 17.8. The maximum atomic E-state index is 12.7. The normalized spacial score (nSPS) is 11.1. The summed E-state index contributed by atoms with van der Waals surface area (Å²) >= 11 is 0. The highest BCUT2D eigenvalue weighted by Gasteiger charge is 2.23. The van der Waals surface area contributed by atoms with Gasteiger partial charge in [-0.25, -0.2) is 4.79 Å². The second-order valence-electron chi connectivity index (χ2n) is 7.35. The number of aryl methyl sites for hydroxylation is 2. The molecule has 3 aromatic rings. The fraction of sp³-hybridized carbons (Fsp3) is 0.333. The quantitative estimate of drug-likeness (QED) is 0.528. The molecule has 6 nitrogen and oxygen atoms in total. The molecular weight excluding hydrogens is 382 g/mol. The van der Waals surface area contributed by atoms with Crippen molar-refractivity contribution in [2.24, 2.45) is 0 Å². The molecule has 0 radical (unpaired) electrons. The molecular formula is C24H27NO5. The van der Waals surface area contributed by atoms with Crippen molar-refractivity contribution in [3.63, 3.8) is 0 Å². The van der Waals surface area contributed by atoms with E-state index in [9.17, 15) is 9.59 Å². The lowest BCUT2D eigenvalue weighted by Gasteiger charge is -2.13. The molecule has 6 heteroatoms. The predicted molar refractivity (Wildman–Crippen MR) is 116 cm³/mol. The van der Waals surface area contributed by atoms with Crippen molar-refractivity contribution < 1.29 is 23.5 Å². The van der Waals surface area contributed by atoms with Gasteiger partial charge in [-0.2, -0.15) is 0 Å². The van der Waals surface area contributed by atoms with E-state index >= 15 is 0 Å². The molecule has 0 unspecified atom stereocenters. The third-order valence-corrected chi connectivity index (χ3v) is 4.78. The Balaban J connectivity index is 1.73. The molecule has 1 aromatic heterocycles. The number of amides is 1. The minimum Gasteiger partial charge on any atom is -0.450 e. The number of esters is 1. The predicted octanol–water partition coefficient (Wildman–Crippen LogP) is 5.02. The molecule has 3 rings (SSSR count). The average Bonchev–Trinajstić information content (AvgIpc) is 3.10. The van der Waals surface area contributed by atoms with Crippen LogP contribution in [0.1, 0.15) is 48.0 Å². The highest BCUT2D eigenvalue weighted by atomic mass is 16.5. The van der Waals surface area contributed by atoms with E-state index in [-0.39, 0.29) is 18.5 Å². The summed E-state index contributed by atoms with van der Waals surface area (Å²) in [6.07, 6.45) is 0.783. The first-order valence-electron chi connectivity index (χ1n) is 10.1. The van der Waals surface area contributed by atoms with Gasteiger partial charge in [-0.3, -0.25) is 4.79 Å². The van der Waals surface area contributed by atoms with Gasteiger partial charge < -0.3 is 19.2 Å². The van der Waals surface area contributed by atoms with Gasteiger partial charge in [0, 0.05) is 16.6 Å². The second kappa shape index (κ2) is 9.59. The largest absolute Gasteiger partial charge is 0.450 e. The molecule has 0 spiro atoms. The number of hydrogen-bond acceptors (Lipinski definition) is 5. The van der Waals surface area contributed by atoms with Gasteiger partial charge >= 0.3 is 5.97 Å². The molecule has 1 amide bonds. The molecule has 158 valence electrons. The summed E-state index contributed by atoms with van der Waals surface area (Å²) < 4.78 is 16.6. The van der Waals surface area contributed by atoms with E-state index in [1.165, 1.54) is 0 Å². The third kappa shape index (κ3) is 4.89. The summed E-state index contributed by atoms with van der Waals surface area (Å²) in [6.45, 7) is 7.59. The number of rotatable bonds is 8. The number of anilines is 1. The van der Waals surface area contributed by atoms with Gasteiger partial charge in [0.1, 0.15) is 5.58 Å². The molecule has 0 fully saturated rings. The topological polar surface area (TPSA) is 77.8 Å². The minimum absolute atomic E-state index is 0.00446. The number of furan rings is 1. The molecule has 0 saturated carbocycles. The monoisotopic (exact) mass is 409 g/mol. The van der Waals surface area contributed by atoms with E-state index in [4.69, 9.17) is 13.9 Å². The summed E-state index contributed by atoms with van der Waals surface area (Å²) in [7, 11) is 0. The number of ether oxygens (including phenoxy) is 2. The Morgan fingerprint density at radius 1 is 1.10 bits per heavy atom. The summed E-state index contributed by atoms with van der Waals surface area (Å²) in [4.78, 5) is 25.1. The number of benzene rings is 2. The SMILES string of the molecule is CCc1cccc(C)c1NC(=O)COC(=O)c1oc2ccccc2c1COC(C)C. The summed E-state index contributed by atoms with van der Waals surface area (Å²) in [5, 5.41) is 3.64. The molecule has 2 aromatic carbocycles. The molecule has 0 aliphatic carbocycles. The van der Waals surface area contributed by atoms with Gasteiger partial charge in [0.05, 0.1) is 12.7 Å². The maximum Gasteiger partial charge on any atom is 0.375 e. The molecule has 1 N–H and O–H groups in total. The van der Waals surface area contributed by atoms with Crippen molar-refractivity contribution in [1.82, 2.24) is 0 Å². The van der Waals surface area contributed by atoms with Gasteiger partial charge in [-0.1, -0.05) is 43.3 Å². The van der Waals surface area contributed by atoms with Crippen LogP contribution in [-0.4, -0.2) is 24.6 Å². The summed E-state index contributed by atoms with van der Waals surface area (Å²) in [5.41, 5.74) is 3.94. The molecule has 0 atom stereocenters. The Hall–Kier alpha value is -3.12. The molecule has 0 aliphatic rings. The number of para-hydroxylation sites is 2. The smallest absolute Gasteiger partial charge is 0.375 e. The van der Waals surface area contributed by atoms with Crippen LogP contribution in [0.4, 0.5) is 5.69 Å². The van der Waals surface area contributed by atoms with Crippen LogP contribution < -0.4 is 5.32 Å². The summed E-state index contributed by atoms with van der Waals surface area (Å²) in [6, 6.07) is 13.2. The van der Waals surface area contributed by atoms with E-state index in [0.29, 0.717) is 11.1 Å². The highest BCUT2D eigenvalue weighted by molar-refractivity contribution is 5.98.